The van der Waals surface area contributed by atoms with E-state index in [0.29, 0.717) is 8.52 Å². The fourth-order valence-corrected chi connectivity index (χ4v) is 1.46. The summed E-state index contributed by atoms with van der Waals surface area (Å²) in [5.41, 5.74) is 0. The van der Waals surface area contributed by atoms with Crippen LogP contribution in [0.25, 0.3) is 0 Å². The fraction of sp³-hybridized carbons (Fsp3) is 1.00. The summed E-state index contributed by atoms with van der Waals surface area (Å²) in [6.07, 6.45) is 3.96. The second-order valence-corrected chi connectivity index (χ2v) is 2.88. The van der Waals surface area contributed by atoms with Crippen LogP contribution in [-0.4, -0.2) is 17.8 Å². The van der Waals surface area contributed by atoms with E-state index in [-0.39, 0.29) is 0 Å². The Hall–Kier alpha value is 0.0600. The van der Waals surface area contributed by atoms with Gasteiger partial charge in [-0.15, -0.1) is 0 Å². The standard InChI is InChI=1S/C5H11N2P/c6-8-7-4-2-1-3-5-7/h6H,1-5H2. The van der Waals surface area contributed by atoms with Gasteiger partial charge < -0.3 is 0 Å². The normalized spacial score (nSPS) is 24.0. The van der Waals surface area contributed by atoms with Crippen molar-refractivity contribution in [2.24, 2.45) is 0 Å². The maximum atomic E-state index is 7.00. The summed E-state index contributed by atoms with van der Waals surface area (Å²) in [4.78, 5) is 0. The van der Waals surface area contributed by atoms with Crippen LogP contribution in [0.3, 0.4) is 0 Å². The molecule has 0 spiro atoms. The van der Waals surface area contributed by atoms with Gasteiger partial charge in [-0.1, -0.05) is 6.42 Å². The second kappa shape index (κ2) is 3.16. The lowest BCUT2D eigenvalue weighted by atomic mass is 10.2. The Morgan fingerprint density at radius 3 is 2.12 bits per heavy atom. The van der Waals surface area contributed by atoms with E-state index in [4.69, 9.17) is 5.16 Å². The van der Waals surface area contributed by atoms with Crippen molar-refractivity contribution in [3.05, 3.63) is 0 Å². The van der Waals surface area contributed by atoms with Crippen molar-refractivity contribution in [3.8, 4) is 0 Å². The number of piperidine rings is 1. The molecule has 1 fully saturated rings. The number of rotatable bonds is 1. The Morgan fingerprint density at radius 2 is 1.75 bits per heavy atom. The van der Waals surface area contributed by atoms with E-state index >= 15 is 0 Å². The molecule has 3 heteroatoms. The van der Waals surface area contributed by atoms with Gasteiger partial charge in [0.15, 0.2) is 0 Å². The molecule has 0 aliphatic carbocycles. The first-order chi connectivity index (χ1) is 3.93. The second-order valence-electron chi connectivity index (χ2n) is 2.11. The van der Waals surface area contributed by atoms with Crippen LogP contribution < -0.4 is 0 Å². The smallest absolute Gasteiger partial charge is 0.0902 e. The van der Waals surface area contributed by atoms with E-state index in [1.54, 1.807) is 0 Å². The van der Waals surface area contributed by atoms with Crippen LogP contribution >= 0.6 is 8.52 Å². The summed E-state index contributed by atoms with van der Waals surface area (Å²) in [5, 5.41) is 7.00. The average Bonchev–Trinajstić information content (AvgIpc) is 1.90. The van der Waals surface area contributed by atoms with Gasteiger partial charge in [-0.25, -0.2) is 4.67 Å². The van der Waals surface area contributed by atoms with Crippen molar-refractivity contribution in [1.29, 1.82) is 5.16 Å². The molecule has 1 aliphatic heterocycles. The highest BCUT2D eigenvalue weighted by molar-refractivity contribution is 7.22. The van der Waals surface area contributed by atoms with E-state index in [1.807, 2.05) is 0 Å². The molecule has 8 heavy (non-hydrogen) atoms. The topological polar surface area (TPSA) is 27.1 Å². The van der Waals surface area contributed by atoms with Crippen molar-refractivity contribution in [3.63, 3.8) is 0 Å². The Labute approximate surface area is 51.6 Å². The molecular formula is C5H11N2P. The van der Waals surface area contributed by atoms with Crippen LogP contribution in [0.2, 0.25) is 0 Å². The molecule has 0 atom stereocenters. The van der Waals surface area contributed by atoms with Crippen LogP contribution in [0.15, 0.2) is 0 Å². The monoisotopic (exact) mass is 130 g/mol. The SMILES string of the molecule is N=PN1CCCCC1. The van der Waals surface area contributed by atoms with Crippen LogP contribution in [0.4, 0.5) is 0 Å². The van der Waals surface area contributed by atoms with Gasteiger partial charge in [-0.2, -0.15) is 0 Å². The zero-order chi connectivity index (χ0) is 5.82. The first kappa shape index (κ1) is 6.18. The molecule has 1 rings (SSSR count). The molecule has 0 aromatic carbocycles. The molecule has 0 aromatic rings. The van der Waals surface area contributed by atoms with Crippen molar-refractivity contribution >= 4 is 8.52 Å². The highest BCUT2D eigenvalue weighted by atomic mass is 31.1. The van der Waals surface area contributed by atoms with E-state index < -0.39 is 0 Å². The first-order valence-corrected chi connectivity index (χ1v) is 3.90. The summed E-state index contributed by atoms with van der Waals surface area (Å²) in [6, 6.07) is 0. The van der Waals surface area contributed by atoms with Crippen molar-refractivity contribution in [1.82, 2.24) is 4.67 Å². The number of hydrogen-bond donors (Lipinski definition) is 1. The maximum absolute atomic E-state index is 7.00. The molecule has 0 radical (unpaired) electrons. The number of hydrogen-bond acceptors (Lipinski definition) is 1. The number of nitrogens with one attached hydrogen (secondary N) is 1. The van der Waals surface area contributed by atoms with Gasteiger partial charge >= 0.3 is 0 Å². The summed E-state index contributed by atoms with van der Waals surface area (Å²) in [5.74, 6) is 0. The van der Waals surface area contributed by atoms with Gasteiger partial charge in [0, 0.05) is 13.1 Å². The predicted octanol–water partition coefficient (Wildman–Crippen LogP) is 2.10. The first-order valence-electron chi connectivity index (χ1n) is 3.06. The quantitative estimate of drug-likeness (QED) is 0.540. The molecule has 1 N–H and O–H groups in total. The minimum atomic E-state index is 0.710. The maximum Gasteiger partial charge on any atom is 0.0902 e. The Morgan fingerprint density at radius 1 is 1.12 bits per heavy atom. The van der Waals surface area contributed by atoms with E-state index in [2.05, 4.69) is 4.67 Å². The van der Waals surface area contributed by atoms with Gasteiger partial charge in [0.05, 0.1) is 8.52 Å². The molecule has 0 bridgehead atoms. The van der Waals surface area contributed by atoms with Gasteiger partial charge in [0.1, 0.15) is 0 Å². The van der Waals surface area contributed by atoms with Crippen LogP contribution in [0, 0.1) is 5.16 Å². The summed E-state index contributed by atoms with van der Waals surface area (Å²) >= 11 is 0. The lowest BCUT2D eigenvalue weighted by molar-refractivity contribution is 0.376. The average molecular weight is 130 g/mol. The highest BCUT2D eigenvalue weighted by Gasteiger charge is 2.05. The molecule has 1 heterocycles. The lowest BCUT2D eigenvalue weighted by Crippen LogP contribution is -2.19. The van der Waals surface area contributed by atoms with Crippen molar-refractivity contribution < 1.29 is 0 Å². The van der Waals surface area contributed by atoms with Gasteiger partial charge in [-0.3, -0.25) is 5.16 Å². The Bertz CT molecular complexity index is 78.5. The molecule has 0 saturated carbocycles. The van der Waals surface area contributed by atoms with Gasteiger partial charge in [0.2, 0.25) is 0 Å². The van der Waals surface area contributed by atoms with Crippen molar-refractivity contribution in [2.75, 3.05) is 13.1 Å². The lowest BCUT2D eigenvalue weighted by Gasteiger charge is -2.19. The van der Waals surface area contributed by atoms with Crippen molar-refractivity contribution in [2.45, 2.75) is 19.3 Å². The van der Waals surface area contributed by atoms with Crippen LogP contribution in [-0.2, 0) is 0 Å². The van der Waals surface area contributed by atoms with Gasteiger partial charge in [0.25, 0.3) is 0 Å². The molecule has 1 aliphatic rings. The molecule has 2 nitrogen and oxygen atoms in total. The molecule has 1 saturated heterocycles. The van der Waals surface area contributed by atoms with Crippen LogP contribution in [0.1, 0.15) is 19.3 Å². The summed E-state index contributed by atoms with van der Waals surface area (Å²) in [7, 11) is 0.710. The Kier molecular flexibility index (Phi) is 2.44. The van der Waals surface area contributed by atoms with Gasteiger partial charge in [-0.05, 0) is 12.8 Å². The number of nitrogens with zero attached hydrogens (tertiary/aromatic N) is 1. The third-order valence-corrected chi connectivity index (χ3v) is 2.16. The van der Waals surface area contributed by atoms with Crippen LogP contribution in [0.5, 0.6) is 0 Å². The Balaban J connectivity index is 2.22. The molecule has 0 aromatic heterocycles. The molecule has 0 unspecified atom stereocenters. The van der Waals surface area contributed by atoms with E-state index in [9.17, 15) is 0 Å². The molecule has 46 valence electrons. The molecule has 0 amide bonds. The molecular weight excluding hydrogens is 119 g/mol. The zero-order valence-electron chi connectivity index (χ0n) is 4.93. The van der Waals surface area contributed by atoms with E-state index in [1.165, 1.54) is 19.3 Å². The third kappa shape index (κ3) is 1.53. The third-order valence-electron chi connectivity index (χ3n) is 1.47. The minimum Gasteiger partial charge on any atom is -0.269 e. The summed E-state index contributed by atoms with van der Waals surface area (Å²) < 4.78 is 2.16. The summed E-state index contributed by atoms with van der Waals surface area (Å²) in [6.45, 7) is 2.29. The zero-order valence-corrected chi connectivity index (χ0v) is 5.82. The fourth-order valence-electron chi connectivity index (χ4n) is 0.977. The van der Waals surface area contributed by atoms with E-state index in [0.717, 1.165) is 13.1 Å². The largest absolute Gasteiger partial charge is 0.269 e. The minimum absolute atomic E-state index is 0.710. The highest BCUT2D eigenvalue weighted by Crippen LogP contribution is 2.14. The predicted molar refractivity (Wildman–Crippen MR) is 35.1 cm³/mol.